The molecule has 0 saturated heterocycles. The molecule has 2 nitrogen and oxygen atoms in total. The first-order valence-electron chi connectivity index (χ1n) is 5.04. The van der Waals surface area contributed by atoms with Crippen molar-refractivity contribution >= 4 is 0 Å². The van der Waals surface area contributed by atoms with Crippen LogP contribution >= 0.6 is 0 Å². The predicted octanol–water partition coefficient (Wildman–Crippen LogP) is 2.21. The van der Waals surface area contributed by atoms with Crippen LogP contribution < -0.4 is 5.32 Å². The molecule has 0 heterocycles. The van der Waals surface area contributed by atoms with Crippen molar-refractivity contribution < 1.29 is 0 Å². The lowest BCUT2D eigenvalue weighted by Crippen LogP contribution is -2.29. The van der Waals surface area contributed by atoms with Crippen LogP contribution in [0, 0.1) is 11.3 Å². The number of nitrogens with one attached hydrogen (secondary N) is 1. The Bertz CT molecular complexity index is 140. The van der Waals surface area contributed by atoms with E-state index in [1.165, 1.54) is 38.5 Å². The Balaban J connectivity index is 2.08. The molecule has 1 saturated carbocycles. The van der Waals surface area contributed by atoms with Gasteiger partial charge in [0.05, 0.1) is 6.07 Å². The largest absolute Gasteiger partial charge is 0.313 e. The molecule has 0 bridgehead atoms. The van der Waals surface area contributed by atoms with E-state index in [0.717, 1.165) is 6.54 Å². The molecular weight excluding hydrogens is 148 g/mol. The number of hydrogen-bond acceptors (Lipinski definition) is 2. The van der Waals surface area contributed by atoms with E-state index in [-0.39, 0.29) is 0 Å². The first kappa shape index (κ1) is 9.54. The van der Waals surface area contributed by atoms with Crippen molar-refractivity contribution in [3.8, 4) is 6.07 Å². The Morgan fingerprint density at radius 2 is 1.83 bits per heavy atom. The number of nitriles is 1. The summed E-state index contributed by atoms with van der Waals surface area (Å²) in [6, 6.07) is 2.86. The lowest BCUT2D eigenvalue weighted by Gasteiger charge is -2.14. The summed E-state index contributed by atoms with van der Waals surface area (Å²) in [5, 5.41) is 11.8. The van der Waals surface area contributed by atoms with Gasteiger partial charge in [-0.2, -0.15) is 5.26 Å². The van der Waals surface area contributed by atoms with Gasteiger partial charge in [-0.15, -0.1) is 0 Å². The maximum absolute atomic E-state index is 8.36. The SMILES string of the molecule is N#CCCNC1CCCCCC1. The zero-order valence-corrected chi connectivity index (χ0v) is 7.68. The van der Waals surface area contributed by atoms with Crippen LogP contribution in [0.15, 0.2) is 0 Å². The fourth-order valence-electron chi connectivity index (χ4n) is 1.82. The molecule has 0 radical (unpaired) electrons. The van der Waals surface area contributed by atoms with Crippen molar-refractivity contribution in [2.45, 2.75) is 51.0 Å². The Morgan fingerprint density at radius 3 is 2.42 bits per heavy atom. The van der Waals surface area contributed by atoms with Gasteiger partial charge in [0.15, 0.2) is 0 Å². The Kier molecular flexibility index (Phi) is 4.79. The molecule has 12 heavy (non-hydrogen) atoms. The summed E-state index contributed by atoms with van der Waals surface area (Å²) >= 11 is 0. The molecule has 0 aromatic carbocycles. The molecule has 1 aliphatic carbocycles. The minimum absolute atomic E-state index is 0.649. The van der Waals surface area contributed by atoms with Crippen molar-refractivity contribution in [3.05, 3.63) is 0 Å². The van der Waals surface area contributed by atoms with Crippen LogP contribution in [0.4, 0.5) is 0 Å². The van der Waals surface area contributed by atoms with Gasteiger partial charge in [-0.3, -0.25) is 0 Å². The summed E-state index contributed by atoms with van der Waals surface area (Å²) in [5.74, 6) is 0. The van der Waals surface area contributed by atoms with Gasteiger partial charge in [-0.25, -0.2) is 0 Å². The van der Waals surface area contributed by atoms with Crippen molar-refractivity contribution in [2.24, 2.45) is 0 Å². The maximum atomic E-state index is 8.36. The van der Waals surface area contributed by atoms with Gasteiger partial charge in [0.25, 0.3) is 0 Å². The van der Waals surface area contributed by atoms with E-state index >= 15 is 0 Å². The Morgan fingerprint density at radius 1 is 1.17 bits per heavy atom. The second-order valence-electron chi connectivity index (χ2n) is 3.55. The molecule has 2 heteroatoms. The molecule has 1 rings (SSSR count). The summed E-state index contributed by atoms with van der Waals surface area (Å²) in [5.41, 5.74) is 0. The summed E-state index contributed by atoms with van der Waals surface area (Å²) in [4.78, 5) is 0. The van der Waals surface area contributed by atoms with E-state index in [0.29, 0.717) is 12.5 Å². The van der Waals surface area contributed by atoms with Gasteiger partial charge in [0, 0.05) is 19.0 Å². The molecule has 68 valence electrons. The van der Waals surface area contributed by atoms with Crippen molar-refractivity contribution in [1.29, 1.82) is 5.26 Å². The van der Waals surface area contributed by atoms with Crippen LogP contribution in [0.25, 0.3) is 0 Å². The van der Waals surface area contributed by atoms with Crippen LogP contribution in [0.1, 0.15) is 44.9 Å². The lowest BCUT2D eigenvalue weighted by molar-refractivity contribution is 0.466. The number of rotatable bonds is 3. The summed E-state index contributed by atoms with van der Waals surface area (Å²) in [6.07, 6.45) is 8.80. The molecule has 1 N–H and O–H groups in total. The average Bonchev–Trinajstić information content (AvgIpc) is 2.33. The smallest absolute Gasteiger partial charge is 0.0635 e. The van der Waals surface area contributed by atoms with E-state index in [1.54, 1.807) is 0 Å². The topological polar surface area (TPSA) is 35.8 Å². The fraction of sp³-hybridized carbons (Fsp3) is 0.900. The molecule has 1 fully saturated rings. The monoisotopic (exact) mass is 166 g/mol. The third-order valence-corrected chi connectivity index (χ3v) is 2.52. The molecule has 0 aromatic heterocycles. The first-order valence-corrected chi connectivity index (χ1v) is 5.04. The van der Waals surface area contributed by atoms with Gasteiger partial charge in [-0.05, 0) is 12.8 Å². The van der Waals surface area contributed by atoms with E-state index in [9.17, 15) is 0 Å². The van der Waals surface area contributed by atoms with Crippen molar-refractivity contribution in [1.82, 2.24) is 5.32 Å². The van der Waals surface area contributed by atoms with Crippen LogP contribution in [-0.2, 0) is 0 Å². The second kappa shape index (κ2) is 6.02. The minimum atomic E-state index is 0.649. The van der Waals surface area contributed by atoms with Gasteiger partial charge in [-0.1, -0.05) is 25.7 Å². The minimum Gasteiger partial charge on any atom is -0.313 e. The maximum Gasteiger partial charge on any atom is 0.0635 e. The van der Waals surface area contributed by atoms with E-state index < -0.39 is 0 Å². The molecule has 0 aromatic rings. The molecule has 0 spiro atoms. The average molecular weight is 166 g/mol. The standard InChI is InChI=1S/C10H18N2/c11-8-5-9-12-10-6-3-1-2-4-7-10/h10,12H,1-7,9H2. The summed E-state index contributed by atoms with van der Waals surface area (Å²) < 4.78 is 0. The van der Waals surface area contributed by atoms with Crippen molar-refractivity contribution in [3.63, 3.8) is 0 Å². The molecule has 1 aliphatic rings. The summed E-state index contributed by atoms with van der Waals surface area (Å²) in [6.45, 7) is 0.876. The van der Waals surface area contributed by atoms with Crippen LogP contribution in [-0.4, -0.2) is 12.6 Å². The van der Waals surface area contributed by atoms with Crippen molar-refractivity contribution in [2.75, 3.05) is 6.54 Å². The van der Waals surface area contributed by atoms with Gasteiger partial charge < -0.3 is 5.32 Å². The Labute approximate surface area is 75.0 Å². The molecule has 0 aliphatic heterocycles. The molecule has 0 unspecified atom stereocenters. The number of hydrogen-bond donors (Lipinski definition) is 1. The highest BCUT2D eigenvalue weighted by molar-refractivity contribution is 4.75. The zero-order valence-electron chi connectivity index (χ0n) is 7.68. The van der Waals surface area contributed by atoms with E-state index in [4.69, 9.17) is 5.26 Å². The highest BCUT2D eigenvalue weighted by atomic mass is 14.9. The van der Waals surface area contributed by atoms with Crippen LogP contribution in [0.5, 0.6) is 0 Å². The lowest BCUT2D eigenvalue weighted by atomic mass is 10.1. The van der Waals surface area contributed by atoms with Crippen LogP contribution in [0.3, 0.4) is 0 Å². The molecular formula is C10H18N2. The zero-order chi connectivity index (χ0) is 8.65. The second-order valence-corrected chi connectivity index (χ2v) is 3.55. The normalized spacial score (nSPS) is 19.9. The van der Waals surface area contributed by atoms with Gasteiger partial charge >= 0.3 is 0 Å². The predicted molar refractivity (Wildman–Crippen MR) is 49.7 cm³/mol. The third kappa shape index (κ3) is 3.73. The quantitative estimate of drug-likeness (QED) is 0.515. The van der Waals surface area contributed by atoms with Gasteiger partial charge in [0.1, 0.15) is 0 Å². The van der Waals surface area contributed by atoms with E-state index in [2.05, 4.69) is 11.4 Å². The molecule has 0 amide bonds. The number of nitrogens with zero attached hydrogens (tertiary/aromatic N) is 1. The first-order chi connectivity index (χ1) is 5.93. The highest BCUT2D eigenvalue weighted by Crippen LogP contribution is 2.16. The molecule has 0 atom stereocenters. The third-order valence-electron chi connectivity index (χ3n) is 2.52. The van der Waals surface area contributed by atoms with E-state index in [1.807, 2.05) is 0 Å². The Hall–Kier alpha value is -0.550. The highest BCUT2D eigenvalue weighted by Gasteiger charge is 2.10. The van der Waals surface area contributed by atoms with Gasteiger partial charge in [0.2, 0.25) is 0 Å². The van der Waals surface area contributed by atoms with Crippen LogP contribution in [0.2, 0.25) is 0 Å². The summed E-state index contributed by atoms with van der Waals surface area (Å²) in [7, 11) is 0. The fourth-order valence-corrected chi connectivity index (χ4v) is 1.82.